The van der Waals surface area contributed by atoms with Crippen molar-refractivity contribution in [1.82, 2.24) is 10.1 Å². The standard InChI is InChI=1S/C15H21N3O2/c1-11(16)6-5-9-15-17-14(18-20-15)10-12-7-3-4-8-13(12)19-2/h3-4,7-8,11H,5-6,9-10,16H2,1-2H3. The second kappa shape index (κ2) is 7.05. The lowest BCUT2D eigenvalue weighted by atomic mass is 10.1. The third kappa shape index (κ3) is 4.06. The Labute approximate surface area is 119 Å². The average Bonchev–Trinajstić information content (AvgIpc) is 2.86. The lowest BCUT2D eigenvalue weighted by molar-refractivity contribution is 0.368. The van der Waals surface area contributed by atoms with Gasteiger partial charge in [-0.15, -0.1) is 0 Å². The molecule has 1 unspecified atom stereocenters. The van der Waals surface area contributed by atoms with Crippen LogP contribution in [0.15, 0.2) is 28.8 Å². The number of methoxy groups -OCH3 is 1. The Morgan fingerprint density at radius 1 is 1.35 bits per heavy atom. The number of para-hydroxylation sites is 1. The Morgan fingerprint density at radius 3 is 2.90 bits per heavy atom. The Kier molecular flexibility index (Phi) is 5.12. The van der Waals surface area contributed by atoms with Crippen LogP contribution in [0.4, 0.5) is 0 Å². The van der Waals surface area contributed by atoms with Crippen LogP contribution in [0.1, 0.15) is 37.0 Å². The maximum absolute atomic E-state index is 5.72. The first kappa shape index (κ1) is 14.5. The lowest BCUT2D eigenvalue weighted by Crippen LogP contribution is -2.14. The molecule has 1 heterocycles. The monoisotopic (exact) mass is 275 g/mol. The van der Waals surface area contributed by atoms with E-state index >= 15 is 0 Å². The summed E-state index contributed by atoms with van der Waals surface area (Å²) in [6.07, 6.45) is 3.32. The van der Waals surface area contributed by atoms with Gasteiger partial charge in [0.2, 0.25) is 5.89 Å². The molecule has 2 N–H and O–H groups in total. The Balaban J connectivity index is 1.95. The summed E-state index contributed by atoms with van der Waals surface area (Å²) in [5, 5.41) is 4.01. The summed E-state index contributed by atoms with van der Waals surface area (Å²) in [5.41, 5.74) is 6.77. The van der Waals surface area contributed by atoms with Gasteiger partial charge in [-0.2, -0.15) is 4.98 Å². The van der Waals surface area contributed by atoms with Crippen molar-refractivity contribution >= 4 is 0 Å². The molecule has 2 aromatic rings. The van der Waals surface area contributed by atoms with Crippen molar-refractivity contribution in [3.05, 3.63) is 41.5 Å². The van der Waals surface area contributed by atoms with Gasteiger partial charge < -0.3 is 15.0 Å². The molecule has 2 rings (SSSR count). The van der Waals surface area contributed by atoms with Gasteiger partial charge >= 0.3 is 0 Å². The summed E-state index contributed by atoms with van der Waals surface area (Å²) in [6, 6.07) is 8.06. The highest BCUT2D eigenvalue weighted by Gasteiger charge is 2.10. The molecule has 1 aromatic carbocycles. The predicted molar refractivity (Wildman–Crippen MR) is 76.7 cm³/mol. The maximum Gasteiger partial charge on any atom is 0.226 e. The molecule has 5 heteroatoms. The SMILES string of the molecule is COc1ccccc1Cc1noc(CCCC(C)N)n1. The number of nitrogens with two attached hydrogens (primary N) is 1. The van der Waals surface area contributed by atoms with Crippen molar-refractivity contribution < 1.29 is 9.26 Å². The number of rotatable bonds is 7. The van der Waals surface area contributed by atoms with Crippen LogP contribution in [-0.4, -0.2) is 23.3 Å². The van der Waals surface area contributed by atoms with E-state index in [0.29, 0.717) is 18.1 Å². The molecule has 0 amide bonds. The molecule has 1 aromatic heterocycles. The highest BCUT2D eigenvalue weighted by atomic mass is 16.5. The number of aryl methyl sites for hydroxylation is 1. The third-order valence-electron chi connectivity index (χ3n) is 3.10. The molecule has 0 aliphatic rings. The van der Waals surface area contributed by atoms with Crippen molar-refractivity contribution in [2.24, 2.45) is 5.73 Å². The second-order valence-electron chi connectivity index (χ2n) is 4.96. The number of nitrogens with zero attached hydrogens (tertiary/aromatic N) is 2. The summed E-state index contributed by atoms with van der Waals surface area (Å²) >= 11 is 0. The van der Waals surface area contributed by atoms with Crippen molar-refractivity contribution in [2.45, 2.75) is 38.6 Å². The molecule has 0 fully saturated rings. The minimum atomic E-state index is 0.214. The van der Waals surface area contributed by atoms with Crippen molar-refractivity contribution in [3.63, 3.8) is 0 Å². The molecule has 0 aliphatic heterocycles. The summed E-state index contributed by atoms with van der Waals surface area (Å²) in [7, 11) is 1.66. The van der Waals surface area contributed by atoms with Gasteiger partial charge in [0.1, 0.15) is 5.75 Å². The Hall–Kier alpha value is -1.88. The topological polar surface area (TPSA) is 74.2 Å². The van der Waals surface area contributed by atoms with Crippen LogP contribution >= 0.6 is 0 Å². The highest BCUT2D eigenvalue weighted by Crippen LogP contribution is 2.19. The molecule has 1 atom stereocenters. The van der Waals surface area contributed by atoms with Gasteiger partial charge in [0, 0.05) is 24.4 Å². The Bertz CT molecular complexity index is 537. The Morgan fingerprint density at radius 2 is 2.15 bits per heavy atom. The highest BCUT2D eigenvalue weighted by molar-refractivity contribution is 5.35. The zero-order valence-corrected chi connectivity index (χ0v) is 12.0. The lowest BCUT2D eigenvalue weighted by Gasteiger charge is -2.05. The van der Waals surface area contributed by atoms with E-state index in [1.165, 1.54) is 0 Å². The second-order valence-corrected chi connectivity index (χ2v) is 4.96. The quantitative estimate of drug-likeness (QED) is 0.839. The largest absolute Gasteiger partial charge is 0.496 e. The summed E-state index contributed by atoms with van der Waals surface area (Å²) in [4.78, 5) is 4.40. The van der Waals surface area contributed by atoms with Crippen LogP contribution < -0.4 is 10.5 Å². The molecule has 0 spiro atoms. The molecule has 0 bridgehead atoms. The molecule has 0 saturated carbocycles. The van der Waals surface area contributed by atoms with E-state index in [1.807, 2.05) is 31.2 Å². The minimum Gasteiger partial charge on any atom is -0.496 e. The van der Waals surface area contributed by atoms with E-state index in [9.17, 15) is 0 Å². The molecule has 20 heavy (non-hydrogen) atoms. The number of hydrogen-bond donors (Lipinski definition) is 1. The minimum absolute atomic E-state index is 0.214. The van der Waals surface area contributed by atoms with E-state index in [1.54, 1.807) is 7.11 Å². The van der Waals surface area contributed by atoms with Crippen molar-refractivity contribution in [3.8, 4) is 5.75 Å². The first-order chi connectivity index (χ1) is 9.69. The van der Waals surface area contributed by atoms with Crippen LogP contribution in [0.25, 0.3) is 0 Å². The third-order valence-corrected chi connectivity index (χ3v) is 3.10. The average molecular weight is 275 g/mol. The zero-order valence-electron chi connectivity index (χ0n) is 12.0. The van der Waals surface area contributed by atoms with E-state index < -0.39 is 0 Å². The van der Waals surface area contributed by atoms with Crippen LogP contribution in [-0.2, 0) is 12.8 Å². The molecule has 0 aliphatic carbocycles. The first-order valence-corrected chi connectivity index (χ1v) is 6.88. The van der Waals surface area contributed by atoms with E-state index in [4.69, 9.17) is 15.0 Å². The summed E-state index contributed by atoms with van der Waals surface area (Å²) in [6.45, 7) is 2.00. The smallest absolute Gasteiger partial charge is 0.226 e. The summed E-state index contributed by atoms with van der Waals surface area (Å²) < 4.78 is 10.6. The summed E-state index contributed by atoms with van der Waals surface area (Å²) in [5.74, 6) is 2.21. The van der Waals surface area contributed by atoms with E-state index in [-0.39, 0.29) is 6.04 Å². The van der Waals surface area contributed by atoms with Gasteiger partial charge in [-0.3, -0.25) is 0 Å². The van der Waals surface area contributed by atoms with Gasteiger partial charge in [-0.05, 0) is 25.8 Å². The number of aromatic nitrogens is 2. The van der Waals surface area contributed by atoms with Crippen molar-refractivity contribution in [2.75, 3.05) is 7.11 Å². The number of ether oxygens (including phenoxy) is 1. The molecule has 5 nitrogen and oxygen atoms in total. The molecular formula is C15H21N3O2. The first-order valence-electron chi connectivity index (χ1n) is 6.88. The van der Waals surface area contributed by atoms with Gasteiger partial charge in [0.05, 0.1) is 7.11 Å². The van der Waals surface area contributed by atoms with Crippen molar-refractivity contribution in [1.29, 1.82) is 0 Å². The van der Waals surface area contributed by atoms with Crippen LogP contribution in [0.3, 0.4) is 0 Å². The van der Waals surface area contributed by atoms with Crippen LogP contribution in [0.5, 0.6) is 5.75 Å². The molecular weight excluding hydrogens is 254 g/mol. The number of benzene rings is 1. The van der Waals surface area contributed by atoms with Gasteiger partial charge in [0.25, 0.3) is 0 Å². The van der Waals surface area contributed by atoms with Gasteiger partial charge in [-0.1, -0.05) is 23.4 Å². The van der Waals surface area contributed by atoms with E-state index in [2.05, 4.69) is 10.1 Å². The maximum atomic E-state index is 5.72. The molecule has 0 radical (unpaired) electrons. The van der Waals surface area contributed by atoms with Crippen LogP contribution in [0, 0.1) is 0 Å². The molecule has 108 valence electrons. The van der Waals surface area contributed by atoms with E-state index in [0.717, 1.165) is 30.6 Å². The zero-order chi connectivity index (χ0) is 14.4. The number of hydrogen-bond acceptors (Lipinski definition) is 5. The normalized spacial score (nSPS) is 12.3. The van der Waals surface area contributed by atoms with Crippen LogP contribution in [0.2, 0.25) is 0 Å². The molecule has 0 saturated heterocycles. The van der Waals surface area contributed by atoms with Gasteiger partial charge in [-0.25, -0.2) is 0 Å². The van der Waals surface area contributed by atoms with Gasteiger partial charge in [0.15, 0.2) is 5.82 Å². The fourth-order valence-corrected chi connectivity index (χ4v) is 2.06. The predicted octanol–water partition coefficient (Wildman–Crippen LogP) is 2.34. The fraction of sp³-hybridized carbons (Fsp3) is 0.467. The fourth-order valence-electron chi connectivity index (χ4n) is 2.06.